The highest BCUT2D eigenvalue weighted by molar-refractivity contribution is 7.17. The number of fused-ring (bicyclic) bond motifs is 1. The van der Waals surface area contributed by atoms with Gasteiger partial charge in [-0.1, -0.05) is 30.4 Å². The number of carbonyl (C=O) groups excluding carboxylic acids is 3. The summed E-state index contributed by atoms with van der Waals surface area (Å²) < 4.78 is 0. The number of aromatic nitrogens is 1. The lowest BCUT2D eigenvalue weighted by atomic mass is 9.89. The summed E-state index contributed by atoms with van der Waals surface area (Å²) in [5.74, 6) is -0.770. The highest BCUT2D eigenvalue weighted by Crippen LogP contribution is 2.33. The normalized spacial score (nSPS) is 16.2. The van der Waals surface area contributed by atoms with Crippen LogP contribution in [0.1, 0.15) is 35.1 Å². The van der Waals surface area contributed by atoms with E-state index in [9.17, 15) is 14.4 Å². The average molecular weight is 347 g/mol. The van der Waals surface area contributed by atoms with Gasteiger partial charge in [-0.3, -0.25) is 14.4 Å². The summed E-state index contributed by atoms with van der Waals surface area (Å²) in [6.45, 7) is 9.88. The Morgan fingerprint density at radius 1 is 1.33 bits per heavy atom. The van der Waals surface area contributed by atoms with Crippen molar-refractivity contribution in [3.63, 3.8) is 0 Å². The van der Waals surface area contributed by atoms with E-state index in [4.69, 9.17) is 0 Å². The van der Waals surface area contributed by atoms with E-state index in [1.807, 2.05) is 0 Å². The molecule has 2 amide bonds. The van der Waals surface area contributed by atoms with Gasteiger partial charge >= 0.3 is 0 Å². The highest BCUT2D eigenvalue weighted by atomic mass is 32.1. The molecule has 0 aromatic carbocycles. The number of anilines is 1. The van der Waals surface area contributed by atoms with Crippen molar-refractivity contribution in [2.75, 3.05) is 18.4 Å². The molecule has 1 unspecified atom stereocenters. The number of carbonyl (C=O) groups is 3. The molecule has 0 bridgehead atoms. The second-order valence-electron chi connectivity index (χ2n) is 5.55. The number of amides is 2. The third-order valence-corrected chi connectivity index (χ3v) is 4.80. The lowest BCUT2D eigenvalue weighted by Crippen LogP contribution is -2.39. The van der Waals surface area contributed by atoms with Gasteiger partial charge in [-0.05, 0) is 0 Å². The maximum Gasteiger partial charge on any atom is 0.227 e. The zero-order valence-electron chi connectivity index (χ0n) is 13.7. The Hall–Kier alpha value is -2.28. The summed E-state index contributed by atoms with van der Waals surface area (Å²) in [6.07, 6.45) is 4.22. The van der Waals surface area contributed by atoms with Crippen LogP contribution in [0, 0.1) is 5.92 Å². The molecule has 2 rings (SSSR count). The van der Waals surface area contributed by atoms with Crippen molar-refractivity contribution < 1.29 is 14.4 Å². The molecular formula is C17H21N3O3S. The van der Waals surface area contributed by atoms with E-state index in [2.05, 4.69) is 23.5 Å². The van der Waals surface area contributed by atoms with E-state index in [1.54, 1.807) is 24.0 Å². The molecule has 0 fully saturated rings. The number of nitrogens with zero attached hydrogens (tertiary/aromatic N) is 2. The third-order valence-electron chi connectivity index (χ3n) is 3.75. The van der Waals surface area contributed by atoms with Gasteiger partial charge in [-0.2, -0.15) is 0 Å². The van der Waals surface area contributed by atoms with Crippen LogP contribution in [0.4, 0.5) is 5.13 Å². The predicted molar refractivity (Wildman–Crippen MR) is 94.2 cm³/mol. The summed E-state index contributed by atoms with van der Waals surface area (Å²) in [5.41, 5.74) is 0.596. The van der Waals surface area contributed by atoms with E-state index in [0.717, 1.165) is 0 Å². The van der Waals surface area contributed by atoms with Crippen molar-refractivity contribution in [3.8, 4) is 0 Å². The largest absolute Gasteiger partial charge is 0.335 e. The first-order chi connectivity index (χ1) is 11.5. The second-order valence-corrected chi connectivity index (χ2v) is 6.54. The van der Waals surface area contributed by atoms with E-state index in [-0.39, 0.29) is 24.0 Å². The Morgan fingerprint density at radius 2 is 2.00 bits per heavy atom. The van der Waals surface area contributed by atoms with Crippen LogP contribution in [-0.4, -0.2) is 40.6 Å². The molecule has 1 aromatic heterocycles. The molecule has 1 aromatic rings. The van der Waals surface area contributed by atoms with E-state index in [1.165, 1.54) is 11.3 Å². The summed E-state index contributed by atoms with van der Waals surface area (Å²) >= 11 is 1.18. The number of ketones is 1. The summed E-state index contributed by atoms with van der Waals surface area (Å²) in [6, 6.07) is 0. The highest BCUT2D eigenvalue weighted by Gasteiger charge is 2.34. The van der Waals surface area contributed by atoms with Gasteiger partial charge in [0.05, 0.1) is 16.5 Å². The fraction of sp³-hybridized carbons (Fsp3) is 0.412. The molecule has 6 nitrogen and oxygen atoms in total. The fourth-order valence-electron chi connectivity index (χ4n) is 2.59. The molecule has 1 aliphatic rings. The van der Waals surface area contributed by atoms with Crippen LogP contribution in [0.15, 0.2) is 25.3 Å². The maximum atomic E-state index is 12.6. The maximum absolute atomic E-state index is 12.6. The van der Waals surface area contributed by atoms with Crippen LogP contribution >= 0.6 is 11.3 Å². The molecule has 1 N–H and O–H groups in total. The second kappa shape index (κ2) is 8.01. The lowest BCUT2D eigenvalue weighted by Gasteiger charge is -2.26. The molecule has 1 aliphatic carbocycles. The van der Waals surface area contributed by atoms with Gasteiger partial charge in [0.2, 0.25) is 11.8 Å². The van der Waals surface area contributed by atoms with Gasteiger partial charge in [-0.15, -0.1) is 13.2 Å². The molecule has 128 valence electrons. The molecule has 0 radical (unpaired) electrons. The molecular weight excluding hydrogens is 326 g/mol. The van der Waals surface area contributed by atoms with E-state index >= 15 is 0 Å². The number of hydrogen-bond donors (Lipinski definition) is 1. The Labute approximate surface area is 145 Å². The monoisotopic (exact) mass is 347 g/mol. The Balaban J connectivity index is 2.17. The quantitative estimate of drug-likeness (QED) is 0.768. The Morgan fingerprint density at radius 3 is 2.58 bits per heavy atom. The van der Waals surface area contributed by atoms with Crippen LogP contribution in [0.5, 0.6) is 0 Å². The minimum Gasteiger partial charge on any atom is -0.335 e. The number of Topliss-reactive ketones (excluding diaryl/α,β-unsaturated/α-hetero) is 1. The first kappa shape index (κ1) is 18.1. The SMILES string of the molecule is C=CCN(CC=C)C(=O)C1CC(=O)c2sc(NC(=O)CC)nc2C1. The van der Waals surface area contributed by atoms with Gasteiger partial charge < -0.3 is 10.2 Å². The zero-order chi connectivity index (χ0) is 17.7. The van der Waals surface area contributed by atoms with Crippen LogP contribution in [0.3, 0.4) is 0 Å². The Kier molecular flexibility index (Phi) is 6.03. The minimum atomic E-state index is -0.429. The predicted octanol–water partition coefficient (Wildman–Crippen LogP) is 2.44. The molecule has 1 heterocycles. The number of nitrogens with one attached hydrogen (secondary N) is 1. The van der Waals surface area contributed by atoms with E-state index < -0.39 is 5.92 Å². The topological polar surface area (TPSA) is 79.4 Å². The summed E-state index contributed by atoms with van der Waals surface area (Å²) in [5, 5.41) is 3.09. The zero-order valence-corrected chi connectivity index (χ0v) is 14.5. The average Bonchev–Trinajstić information content (AvgIpc) is 2.96. The van der Waals surface area contributed by atoms with Gasteiger partial charge in [-0.25, -0.2) is 4.98 Å². The molecule has 0 spiro atoms. The molecule has 7 heteroatoms. The van der Waals surface area contributed by atoms with Crippen molar-refractivity contribution in [3.05, 3.63) is 35.9 Å². The Bertz CT molecular complexity index is 671. The first-order valence-electron chi connectivity index (χ1n) is 7.83. The molecule has 0 saturated heterocycles. The fourth-order valence-corrected chi connectivity index (χ4v) is 3.55. The van der Waals surface area contributed by atoms with Crippen LogP contribution in [0.2, 0.25) is 0 Å². The van der Waals surface area contributed by atoms with Crippen LogP contribution in [0.25, 0.3) is 0 Å². The smallest absolute Gasteiger partial charge is 0.227 e. The summed E-state index contributed by atoms with van der Waals surface area (Å²) in [7, 11) is 0. The number of rotatable bonds is 7. The van der Waals surface area contributed by atoms with Crippen LogP contribution in [-0.2, 0) is 16.0 Å². The van der Waals surface area contributed by atoms with Gasteiger partial charge in [0.15, 0.2) is 10.9 Å². The minimum absolute atomic E-state index is 0.0961. The van der Waals surface area contributed by atoms with Crippen LogP contribution < -0.4 is 5.32 Å². The van der Waals surface area contributed by atoms with Crippen molar-refractivity contribution in [2.45, 2.75) is 26.2 Å². The van der Waals surface area contributed by atoms with Crippen molar-refractivity contribution in [1.29, 1.82) is 0 Å². The van der Waals surface area contributed by atoms with Crippen molar-refractivity contribution >= 4 is 34.1 Å². The standard InChI is InChI=1S/C17H21N3O3S/c1-4-7-20(8-5-2)16(23)11-9-12-15(13(21)10-11)24-17(18-12)19-14(22)6-3/h4-5,11H,1-2,6-10H2,3H3,(H,18,19,22). The lowest BCUT2D eigenvalue weighted by molar-refractivity contribution is -0.134. The number of thiazole rings is 1. The van der Waals surface area contributed by atoms with Crippen molar-refractivity contribution in [1.82, 2.24) is 9.88 Å². The van der Waals surface area contributed by atoms with Gasteiger partial charge in [0.25, 0.3) is 0 Å². The molecule has 0 saturated carbocycles. The van der Waals surface area contributed by atoms with E-state index in [0.29, 0.717) is 41.6 Å². The van der Waals surface area contributed by atoms with Crippen molar-refractivity contribution in [2.24, 2.45) is 5.92 Å². The summed E-state index contributed by atoms with van der Waals surface area (Å²) in [4.78, 5) is 43.0. The van der Waals surface area contributed by atoms with Gasteiger partial charge in [0.1, 0.15) is 0 Å². The molecule has 24 heavy (non-hydrogen) atoms. The van der Waals surface area contributed by atoms with Gasteiger partial charge in [0, 0.05) is 32.4 Å². The third kappa shape index (κ3) is 3.97. The number of hydrogen-bond acceptors (Lipinski definition) is 5. The molecule has 0 aliphatic heterocycles. The first-order valence-corrected chi connectivity index (χ1v) is 8.65. The molecule has 1 atom stereocenters.